The van der Waals surface area contributed by atoms with Crippen molar-refractivity contribution < 1.29 is 37.6 Å². The SMILES string of the molecule is CCOP(=O)([O-])C(C)=O.[Li+]. The molecule has 0 saturated heterocycles. The van der Waals surface area contributed by atoms with Gasteiger partial charge in [0.25, 0.3) is 0 Å². The molecule has 1 atom stereocenters. The molecule has 0 rings (SSSR count). The fourth-order valence-corrected chi connectivity index (χ4v) is 0.783. The van der Waals surface area contributed by atoms with Gasteiger partial charge in [0.05, 0.1) is 6.61 Å². The van der Waals surface area contributed by atoms with Crippen LogP contribution in [-0.4, -0.2) is 12.1 Å². The molecule has 0 aliphatic carbocycles. The van der Waals surface area contributed by atoms with Gasteiger partial charge in [-0.3, -0.25) is 4.79 Å². The molecule has 10 heavy (non-hydrogen) atoms. The van der Waals surface area contributed by atoms with Crippen LogP contribution in [0.1, 0.15) is 13.8 Å². The van der Waals surface area contributed by atoms with Crippen molar-refractivity contribution in [2.75, 3.05) is 6.61 Å². The van der Waals surface area contributed by atoms with Crippen LogP contribution in [0.15, 0.2) is 0 Å². The first-order chi connectivity index (χ1) is 4.00. The first-order valence-corrected chi connectivity index (χ1v) is 4.01. The van der Waals surface area contributed by atoms with Gasteiger partial charge in [-0.25, -0.2) is 0 Å². The minimum Gasteiger partial charge on any atom is -0.773 e. The molecule has 0 fully saturated rings. The predicted molar refractivity (Wildman–Crippen MR) is 29.9 cm³/mol. The molecule has 0 aliphatic rings. The standard InChI is InChI=1S/C4H9O4P.Li/c1-3-8-9(6,7)4(2)5;/h3H2,1-2H3,(H,6,7);/q;+1/p-1. The van der Waals surface area contributed by atoms with Crippen LogP contribution >= 0.6 is 7.60 Å². The van der Waals surface area contributed by atoms with E-state index in [0.29, 0.717) is 0 Å². The first-order valence-electron chi connectivity index (χ1n) is 2.47. The molecule has 1 unspecified atom stereocenters. The zero-order valence-electron chi connectivity index (χ0n) is 6.29. The number of carbonyl (C=O) groups is 1. The van der Waals surface area contributed by atoms with Gasteiger partial charge < -0.3 is 14.0 Å². The normalized spacial score (nSPS) is 15.1. The molecule has 0 radical (unpaired) electrons. The zero-order chi connectivity index (χ0) is 7.49. The molecular formula is C4H8LiO4P. The molecule has 6 heteroatoms. The second-order valence-electron chi connectivity index (χ2n) is 1.43. The first kappa shape index (κ1) is 13.0. The molecule has 0 N–H and O–H groups in total. The van der Waals surface area contributed by atoms with Crippen LogP contribution in [0.25, 0.3) is 0 Å². The average molecular weight is 158 g/mol. The molecular weight excluding hydrogens is 150 g/mol. The van der Waals surface area contributed by atoms with Crippen LogP contribution in [0.3, 0.4) is 0 Å². The Morgan fingerprint density at radius 3 is 2.20 bits per heavy atom. The smallest absolute Gasteiger partial charge is 0.773 e. The Morgan fingerprint density at radius 2 is 2.10 bits per heavy atom. The fraction of sp³-hybridized carbons (Fsp3) is 0.750. The van der Waals surface area contributed by atoms with Crippen molar-refractivity contribution >= 4 is 13.1 Å². The third kappa shape index (κ3) is 4.27. The maximum atomic E-state index is 10.4. The van der Waals surface area contributed by atoms with Crippen LogP contribution in [0, 0.1) is 0 Å². The fourth-order valence-electron chi connectivity index (χ4n) is 0.261. The predicted octanol–water partition coefficient (Wildman–Crippen LogP) is -2.87. The van der Waals surface area contributed by atoms with Crippen molar-refractivity contribution in [3.63, 3.8) is 0 Å². The number of rotatable bonds is 3. The summed E-state index contributed by atoms with van der Waals surface area (Å²) in [6.45, 7) is 2.48. The Labute approximate surface area is 71.7 Å². The van der Waals surface area contributed by atoms with E-state index in [4.69, 9.17) is 0 Å². The van der Waals surface area contributed by atoms with E-state index in [1.165, 1.54) is 6.92 Å². The van der Waals surface area contributed by atoms with Crippen molar-refractivity contribution in [3.8, 4) is 0 Å². The summed E-state index contributed by atoms with van der Waals surface area (Å²) in [6, 6.07) is 0. The van der Waals surface area contributed by atoms with Crippen LogP contribution in [0.2, 0.25) is 0 Å². The van der Waals surface area contributed by atoms with Crippen molar-refractivity contribution in [2.24, 2.45) is 0 Å². The van der Waals surface area contributed by atoms with E-state index in [1.807, 2.05) is 0 Å². The molecule has 0 aromatic rings. The summed E-state index contributed by atoms with van der Waals surface area (Å²) >= 11 is 0. The van der Waals surface area contributed by atoms with Crippen molar-refractivity contribution in [1.82, 2.24) is 0 Å². The molecule has 0 spiro atoms. The molecule has 0 aromatic heterocycles. The van der Waals surface area contributed by atoms with E-state index in [-0.39, 0.29) is 25.5 Å². The minimum atomic E-state index is -4.15. The van der Waals surface area contributed by atoms with Gasteiger partial charge >= 0.3 is 18.9 Å². The summed E-state index contributed by atoms with van der Waals surface area (Å²) in [5.74, 6) is 0. The van der Waals surface area contributed by atoms with Crippen molar-refractivity contribution in [1.29, 1.82) is 0 Å². The number of carbonyl (C=O) groups excluding carboxylic acids is 1. The maximum absolute atomic E-state index is 10.4. The molecule has 54 valence electrons. The molecule has 4 nitrogen and oxygen atoms in total. The summed E-state index contributed by atoms with van der Waals surface area (Å²) in [6.07, 6.45) is 0. The third-order valence-electron chi connectivity index (χ3n) is 0.685. The van der Waals surface area contributed by atoms with Crippen molar-refractivity contribution in [3.05, 3.63) is 0 Å². The molecule has 0 heterocycles. The number of hydrogen-bond donors (Lipinski definition) is 0. The second kappa shape index (κ2) is 5.12. The summed E-state index contributed by atoms with van der Waals surface area (Å²) in [7, 11) is -4.15. The molecule has 0 aromatic carbocycles. The van der Waals surface area contributed by atoms with Crippen molar-refractivity contribution in [2.45, 2.75) is 13.8 Å². The average Bonchev–Trinajstić information content (AvgIpc) is 1.65. The Bertz CT molecular complexity index is 157. The van der Waals surface area contributed by atoms with Gasteiger partial charge in [0, 0.05) is 6.92 Å². The largest absolute Gasteiger partial charge is 1.00 e. The van der Waals surface area contributed by atoms with Crippen LogP contribution < -0.4 is 23.8 Å². The van der Waals surface area contributed by atoms with Gasteiger partial charge in [0.2, 0.25) is 5.52 Å². The van der Waals surface area contributed by atoms with Gasteiger partial charge in [0.15, 0.2) is 7.60 Å². The van der Waals surface area contributed by atoms with E-state index in [0.717, 1.165) is 6.92 Å². The Kier molecular flexibility index (Phi) is 6.67. The van der Waals surface area contributed by atoms with Crippen LogP contribution in [-0.2, 0) is 13.9 Å². The second-order valence-corrected chi connectivity index (χ2v) is 3.32. The Morgan fingerprint density at radius 1 is 1.70 bits per heavy atom. The van der Waals surface area contributed by atoms with E-state index in [2.05, 4.69) is 4.52 Å². The van der Waals surface area contributed by atoms with Gasteiger partial charge in [-0.1, -0.05) is 0 Å². The van der Waals surface area contributed by atoms with Gasteiger partial charge in [-0.15, -0.1) is 0 Å². The Balaban J connectivity index is 0. The van der Waals surface area contributed by atoms with E-state index < -0.39 is 13.1 Å². The van der Waals surface area contributed by atoms with E-state index in [1.54, 1.807) is 0 Å². The quantitative estimate of drug-likeness (QED) is 0.327. The molecule has 0 aliphatic heterocycles. The summed E-state index contributed by atoms with van der Waals surface area (Å²) < 4.78 is 14.5. The molecule has 0 amide bonds. The third-order valence-corrected chi connectivity index (χ3v) is 2.05. The summed E-state index contributed by atoms with van der Waals surface area (Å²) in [5.41, 5.74) is -0.927. The van der Waals surface area contributed by atoms with Gasteiger partial charge in [0.1, 0.15) is 0 Å². The number of hydrogen-bond acceptors (Lipinski definition) is 4. The van der Waals surface area contributed by atoms with Gasteiger partial charge in [-0.2, -0.15) is 0 Å². The van der Waals surface area contributed by atoms with Gasteiger partial charge in [-0.05, 0) is 6.92 Å². The zero-order valence-corrected chi connectivity index (χ0v) is 7.18. The van der Waals surface area contributed by atoms with Crippen LogP contribution in [0.5, 0.6) is 0 Å². The maximum Gasteiger partial charge on any atom is 1.00 e. The molecule has 0 bridgehead atoms. The molecule has 0 saturated carbocycles. The summed E-state index contributed by atoms with van der Waals surface area (Å²) in [5, 5.41) is 0. The van der Waals surface area contributed by atoms with Crippen LogP contribution in [0.4, 0.5) is 0 Å². The summed E-state index contributed by atoms with van der Waals surface area (Å²) in [4.78, 5) is 20.5. The van der Waals surface area contributed by atoms with E-state index in [9.17, 15) is 14.3 Å². The van der Waals surface area contributed by atoms with E-state index >= 15 is 0 Å². The minimum absolute atomic E-state index is 0. The monoisotopic (exact) mass is 158 g/mol. The topological polar surface area (TPSA) is 66.4 Å². The Hall–Kier alpha value is 0.417.